The summed E-state index contributed by atoms with van der Waals surface area (Å²) < 4.78 is 15.5. The number of nitriles is 1. The topological polar surface area (TPSA) is 125 Å². The van der Waals surface area contributed by atoms with Crippen LogP contribution in [0.5, 0.6) is 0 Å². The quantitative estimate of drug-likeness (QED) is 0.387. The molecule has 1 aliphatic heterocycles. The number of thioether (sulfide) groups is 1. The molecule has 0 fully saturated rings. The van der Waals surface area contributed by atoms with E-state index in [0.717, 1.165) is 0 Å². The van der Waals surface area contributed by atoms with Crippen LogP contribution in [0.1, 0.15) is 38.2 Å². The summed E-state index contributed by atoms with van der Waals surface area (Å²) in [5.74, 6) is -1.56. The SMILES string of the molecule is CC1(C)CC(=O)C2=C(C1)N(c1nnc(SCC(=O)Nc3ccccc3)s1)C(N)=C(C#N)C2c1ccccc1F. The molecular formula is C28H25FN6O2S2. The minimum absolute atomic E-state index is 0.0820. The number of aromatic nitrogens is 2. The second kappa shape index (κ2) is 10.6. The number of nitrogens with two attached hydrogens (primary N) is 1. The van der Waals surface area contributed by atoms with E-state index in [-0.39, 0.29) is 46.2 Å². The molecule has 11 heteroatoms. The van der Waals surface area contributed by atoms with Gasteiger partial charge in [-0.2, -0.15) is 5.26 Å². The lowest BCUT2D eigenvalue weighted by Crippen LogP contribution is -2.42. The monoisotopic (exact) mass is 560 g/mol. The van der Waals surface area contributed by atoms with Crippen molar-refractivity contribution < 1.29 is 14.0 Å². The molecule has 1 aliphatic carbocycles. The highest BCUT2D eigenvalue weighted by Gasteiger charge is 2.46. The number of hydrogen-bond acceptors (Lipinski definition) is 9. The van der Waals surface area contributed by atoms with Crippen molar-refractivity contribution in [1.82, 2.24) is 10.2 Å². The standard InChI is InChI=1S/C28H25FN6O2S2/c1-28(2)12-20-24(21(36)13-28)23(17-10-6-7-11-19(17)29)18(14-30)25(31)35(20)26-33-34-27(39-26)38-15-22(37)32-16-8-4-3-5-9-16/h3-11,23H,12-13,15,31H2,1-2H3,(H,32,37). The van der Waals surface area contributed by atoms with Gasteiger partial charge in [-0.05, 0) is 30.0 Å². The fourth-order valence-electron chi connectivity index (χ4n) is 4.94. The molecule has 2 aliphatic rings. The van der Waals surface area contributed by atoms with Crippen LogP contribution in [0.2, 0.25) is 0 Å². The number of hydrogen-bond donors (Lipinski definition) is 2. The maximum absolute atomic E-state index is 15.0. The van der Waals surface area contributed by atoms with Gasteiger partial charge < -0.3 is 11.1 Å². The molecule has 2 aromatic carbocycles. The summed E-state index contributed by atoms with van der Waals surface area (Å²) in [5.41, 5.74) is 8.17. The number of halogens is 1. The minimum Gasteiger partial charge on any atom is -0.384 e. The smallest absolute Gasteiger partial charge is 0.234 e. The molecular weight excluding hydrogens is 535 g/mol. The van der Waals surface area contributed by atoms with Crippen LogP contribution < -0.4 is 16.0 Å². The Morgan fingerprint density at radius 2 is 1.92 bits per heavy atom. The van der Waals surface area contributed by atoms with Gasteiger partial charge in [0.05, 0.1) is 23.3 Å². The molecule has 1 atom stereocenters. The average Bonchev–Trinajstić information content (AvgIpc) is 3.35. The molecule has 0 radical (unpaired) electrons. The number of ketones is 1. The molecule has 39 heavy (non-hydrogen) atoms. The molecule has 8 nitrogen and oxygen atoms in total. The Morgan fingerprint density at radius 1 is 1.21 bits per heavy atom. The molecule has 1 aromatic heterocycles. The predicted molar refractivity (Wildman–Crippen MR) is 149 cm³/mol. The van der Waals surface area contributed by atoms with Crippen LogP contribution in [0, 0.1) is 22.6 Å². The van der Waals surface area contributed by atoms with Crippen LogP contribution in [0.3, 0.4) is 0 Å². The van der Waals surface area contributed by atoms with E-state index in [0.29, 0.717) is 32.8 Å². The number of nitrogens with zero attached hydrogens (tertiary/aromatic N) is 4. The third-order valence-corrected chi connectivity index (χ3v) is 8.61. The summed E-state index contributed by atoms with van der Waals surface area (Å²) in [5, 5.41) is 21.9. The molecule has 0 spiro atoms. The number of benzene rings is 2. The first-order chi connectivity index (χ1) is 18.7. The zero-order valence-electron chi connectivity index (χ0n) is 21.3. The van der Waals surface area contributed by atoms with Crippen molar-refractivity contribution >= 4 is 45.6 Å². The number of allylic oxidation sites excluding steroid dienone is 3. The Kier molecular flexibility index (Phi) is 7.25. The van der Waals surface area contributed by atoms with Crippen molar-refractivity contribution in [3.8, 4) is 6.07 Å². The number of carbonyl (C=O) groups is 2. The van der Waals surface area contributed by atoms with Crippen molar-refractivity contribution in [2.45, 2.75) is 36.9 Å². The zero-order valence-corrected chi connectivity index (χ0v) is 22.9. The number of Topliss-reactive ketones (excluding diaryl/α,β-unsaturated/α-hetero) is 1. The number of amides is 1. The van der Waals surface area contributed by atoms with Gasteiger partial charge in [-0.15, -0.1) is 10.2 Å². The van der Waals surface area contributed by atoms with E-state index in [2.05, 4.69) is 21.6 Å². The zero-order chi connectivity index (χ0) is 27.7. The lowest BCUT2D eigenvalue weighted by Gasteiger charge is -2.42. The Labute approximate surface area is 233 Å². The van der Waals surface area contributed by atoms with Crippen LogP contribution >= 0.6 is 23.1 Å². The average molecular weight is 561 g/mol. The maximum Gasteiger partial charge on any atom is 0.234 e. The van der Waals surface area contributed by atoms with Crippen molar-refractivity contribution in [3.63, 3.8) is 0 Å². The normalized spacial score (nSPS) is 18.6. The first kappa shape index (κ1) is 26.6. The molecule has 0 saturated carbocycles. The Bertz CT molecular complexity index is 1560. The maximum atomic E-state index is 15.0. The first-order valence-corrected chi connectivity index (χ1v) is 14.0. The van der Waals surface area contributed by atoms with E-state index < -0.39 is 11.7 Å². The number of para-hydroxylation sites is 1. The molecule has 2 heterocycles. The Morgan fingerprint density at radius 3 is 2.64 bits per heavy atom. The molecule has 3 N–H and O–H groups in total. The van der Waals surface area contributed by atoms with Gasteiger partial charge in [-0.1, -0.05) is 73.3 Å². The van der Waals surface area contributed by atoms with Gasteiger partial charge in [-0.25, -0.2) is 4.39 Å². The van der Waals surface area contributed by atoms with Crippen molar-refractivity contribution in [2.24, 2.45) is 11.1 Å². The fourth-order valence-corrected chi connectivity index (χ4v) is 6.63. The summed E-state index contributed by atoms with van der Waals surface area (Å²) >= 11 is 2.43. The Hall–Kier alpha value is -4.01. The molecule has 5 rings (SSSR count). The van der Waals surface area contributed by atoms with Crippen LogP contribution in [-0.2, 0) is 9.59 Å². The highest BCUT2D eigenvalue weighted by atomic mass is 32.2. The van der Waals surface area contributed by atoms with Crippen molar-refractivity contribution in [1.29, 1.82) is 5.26 Å². The fraction of sp³-hybridized carbons (Fsp3) is 0.250. The van der Waals surface area contributed by atoms with Crippen LogP contribution in [0.4, 0.5) is 15.2 Å². The van der Waals surface area contributed by atoms with Gasteiger partial charge in [0.15, 0.2) is 10.1 Å². The summed E-state index contributed by atoms with van der Waals surface area (Å²) in [4.78, 5) is 27.6. The largest absolute Gasteiger partial charge is 0.384 e. The number of nitrogens with one attached hydrogen (secondary N) is 1. The van der Waals surface area contributed by atoms with Gasteiger partial charge in [0.25, 0.3) is 0 Å². The van der Waals surface area contributed by atoms with E-state index in [1.807, 2.05) is 32.0 Å². The molecule has 1 amide bonds. The van der Waals surface area contributed by atoms with Gasteiger partial charge in [0.1, 0.15) is 11.6 Å². The lowest BCUT2D eigenvalue weighted by atomic mass is 9.68. The molecule has 1 unspecified atom stereocenters. The first-order valence-electron chi connectivity index (χ1n) is 12.2. The molecule has 198 valence electrons. The summed E-state index contributed by atoms with van der Waals surface area (Å²) in [6.45, 7) is 3.97. The molecule has 0 saturated heterocycles. The second-order valence-corrected chi connectivity index (χ2v) is 12.2. The third kappa shape index (κ3) is 5.30. The second-order valence-electron chi connectivity index (χ2n) is 10.1. The summed E-state index contributed by atoms with van der Waals surface area (Å²) in [6.07, 6.45) is 0.733. The highest BCUT2D eigenvalue weighted by Crippen LogP contribution is 2.51. The van der Waals surface area contributed by atoms with Gasteiger partial charge >= 0.3 is 0 Å². The van der Waals surface area contributed by atoms with Gasteiger partial charge in [0, 0.05) is 28.9 Å². The van der Waals surface area contributed by atoms with Gasteiger partial charge in [-0.3, -0.25) is 14.5 Å². The molecule has 0 bridgehead atoms. The van der Waals surface area contributed by atoms with Gasteiger partial charge in [0.2, 0.25) is 11.0 Å². The predicted octanol–water partition coefficient (Wildman–Crippen LogP) is 5.35. The van der Waals surface area contributed by atoms with Crippen LogP contribution in [0.25, 0.3) is 0 Å². The highest BCUT2D eigenvalue weighted by molar-refractivity contribution is 8.01. The van der Waals surface area contributed by atoms with Crippen LogP contribution in [-0.4, -0.2) is 27.6 Å². The van der Waals surface area contributed by atoms with Crippen molar-refractivity contribution in [3.05, 3.63) is 88.6 Å². The minimum atomic E-state index is -0.908. The van der Waals surface area contributed by atoms with E-state index in [9.17, 15) is 19.2 Å². The van der Waals surface area contributed by atoms with E-state index in [1.165, 1.54) is 29.2 Å². The lowest BCUT2D eigenvalue weighted by molar-refractivity contribution is -0.118. The Balaban J connectivity index is 1.49. The van der Waals surface area contributed by atoms with E-state index in [4.69, 9.17) is 5.73 Å². The summed E-state index contributed by atoms with van der Waals surface area (Å²) in [6, 6.07) is 17.4. The van der Waals surface area contributed by atoms with Crippen LogP contribution in [0.15, 0.2) is 81.6 Å². The third-order valence-electron chi connectivity index (χ3n) is 6.57. The summed E-state index contributed by atoms with van der Waals surface area (Å²) in [7, 11) is 0. The van der Waals surface area contributed by atoms with E-state index in [1.54, 1.807) is 35.2 Å². The van der Waals surface area contributed by atoms with Crippen molar-refractivity contribution in [2.75, 3.05) is 16.0 Å². The number of anilines is 2. The number of rotatable bonds is 6. The molecule has 3 aromatic rings. The number of carbonyl (C=O) groups excluding carboxylic acids is 2. The van der Waals surface area contributed by atoms with E-state index >= 15 is 0 Å².